The first-order valence-electron chi connectivity index (χ1n) is 45.8. The van der Waals surface area contributed by atoms with Crippen molar-refractivity contribution >= 4 is 75.4 Å². The number of aryl methyl sites for hydroxylation is 7. The minimum absolute atomic E-state index is 0.000532. The molecule has 9 heterocycles. The zero-order chi connectivity index (χ0) is 90.8. The Balaban J connectivity index is 0.000000111. The van der Waals surface area contributed by atoms with Gasteiger partial charge in [-0.1, -0.05) is 188 Å². The highest BCUT2D eigenvalue weighted by Gasteiger charge is 2.68. The number of carbonyl (C=O) groups excluding carboxylic acids is 3. The molecule has 0 amide bonds. The van der Waals surface area contributed by atoms with Crippen LogP contribution in [-0.2, 0) is 158 Å². The quantitative estimate of drug-likeness (QED) is 0.0842. The van der Waals surface area contributed by atoms with Crippen LogP contribution in [0, 0.1) is 69.2 Å². The fourth-order valence-corrected chi connectivity index (χ4v) is 30.2. The third-order valence-corrected chi connectivity index (χ3v) is 37.9. The van der Waals surface area contributed by atoms with Crippen LogP contribution < -0.4 is 0 Å². The molecular weight excluding hydrogens is 1680 g/mol. The second kappa shape index (κ2) is 31.2. The van der Waals surface area contributed by atoms with Gasteiger partial charge >= 0.3 is 0 Å². The molecule has 7 fully saturated rings. The van der Waals surface area contributed by atoms with Crippen LogP contribution in [0.2, 0.25) is 25.8 Å². The van der Waals surface area contributed by atoms with E-state index in [-0.39, 0.29) is 83.3 Å². The number of aromatic nitrogens is 13. The van der Waals surface area contributed by atoms with E-state index in [0.29, 0.717) is 77.8 Å². The first-order valence-corrected chi connectivity index (χ1v) is 47.6. The smallest absolute Gasteiger partial charge is 0.282 e. The van der Waals surface area contributed by atoms with Crippen LogP contribution in [0.3, 0.4) is 0 Å². The number of ether oxygens (including phenoxy) is 4. The number of rotatable bonds is 0. The Kier molecular flexibility index (Phi) is 23.0. The molecular formula is C97H133Cl5N14O9. The van der Waals surface area contributed by atoms with Crippen LogP contribution >= 0.6 is 58.0 Å². The number of ketones is 3. The van der Waals surface area contributed by atoms with E-state index in [1.54, 1.807) is 14.0 Å². The Morgan fingerprint density at radius 1 is 0.416 bits per heavy atom. The van der Waals surface area contributed by atoms with Gasteiger partial charge in [0.1, 0.15) is 37.3 Å². The summed E-state index contributed by atoms with van der Waals surface area (Å²) in [6.45, 7) is 50.0. The Labute approximate surface area is 763 Å². The van der Waals surface area contributed by atoms with Gasteiger partial charge in [0.15, 0.2) is 17.4 Å². The van der Waals surface area contributed by atoms with Gasteiger partial charge in [-0.3, -0.25) is 42.5 Å². The van der Waals surface area contributed by atoms with Gasteiger partial charge < -0.3 is 33.4 Å². The number of fused-ring (bicyclic) bond motifs is 19. The average Bonchev–Trinajstić information content (AvgIpc) is 1.66. The Morgan fingerprint density at radius 3 is 1.20 bits per heavy atom. The number of aliphatic hydroxyl groups excluding tert-OH is 1. The number of halogens is 5. The molecule has 13 atom stereocenters. The van der Waals surface area contributed by atoms with E-state index in [1.807, 2.05) is 90.2 Å². The highest BCUT2D eigenvalue weighted by molar-refractivity contribution is 6.32. The maximum absolute atomic E-state index is 12.6. The predicted octanol–water partition coefficient (Wildman–Crippen LogP) is 19.5. The molecule has 2 saturated heterocycles. The SMILES string of the molecule is Cn1cc2c(n1)[C@@]1(C)CCC3(OCCO3)C(C)(C)[C@@H]1CC2.Cn1nc2c(c1Cl)CC[C@H]1C(C)(C)C(=O)/C(=C\O)C[C@]21C.Cn1nc2c(c1Cl)CC[C@H]1C(C)(C)C(=O)CC[C@]21C.Cn1nc2c(c1Cl)CC[C@H]1C(C)(C)C3(CC[C@]21C)OCCO3.Cn1nc2c(c1Cl)CC[C@H]1C(C)(C)c3oncc3C[C@]21C.[C-]#[N+]C1C[C@]2(C)c3nn(C)c(Cl)c3CC[C@H]2C(C)(C)C1=O. The van der Waals surface area contributed by atoms with Crippen molar-refractivity contribution in [3.8, 4) is 0 Å². The molecule has 2 aliphatic heterocycles. The summed E-state index contributed by atoms with van der Waals surface area (Å²) in [6, 6.07) is -0.562. The van der Waals surface area contributed by atoms with Crippen LogP contribution in [0.5, 0.6) is 0 Å². The molecule has 680 valence electrons. The predicted molar refractivity (Wildman–Crippen MR) is 484 cm³/mol. The monoisotopic (exact) mass is 1810 g/mol. The van der Waals surface area contributed by atoms with Crippen molar-refractivity contribution in [2.75, 3.05) is 26.4 Å². The van der Waals surface area contributed by atoms with Crippen molar-refractivity contribution in [1.82, 2.24) is 63.8 Å². The Hall–Kier alpha value is -6.20. The summed E-state index contributed by atoms with van der Waals surface area (Å²) in [7, 11) is 11.5. The number of carbonyl (C=O) groups is 3. The van der Waals surface area contributed by atoms with E-state index in [4.69, 9.17) is 103 Å². The molecule has 7 aromatic heterocycles. The summed E-state index contributed by atoms with van der Waals surface area (Å²) in [5.41, 5.74) is 14.3. The highest BCUT2D eigenvalue weighted by Crippen LogP contribution is 2.67. The summed E-state index contributed by atoms with van der Waals surface area (Å²) in [4.78, 5) is 41.0. The van der Waals surface area contributed by atoms with Crippen molar-refractivity contribution < 1.29 is 43.0 Å². The largest absolute Gasteiger partial charge is 0.515 e. The molecule has 0 bridgehead atoms. The van der Waals surface area contributed by atoms with Gasteiger partial charge in [-0.2, -0.15) is 30.6 Å². The van der Waals surface area contributed by atoms with Crippen LogP contribution in [0.4, 0.5) is 0 Å². The lowest BCUT2D eigenvalue weighted by Crippen LogP contribution is -2.61. The van der Waals surface area contributed by atoms with E-state index < -0.39 is 22.7 Å². The fourth-order valence-electron chi connectivity index (χ4n) is 29.1. The summed E-state index contributed by atoms with van der Waals surface area (Å²) in [6.07, 6.45) is 24.8. The van der Waals surface area contributed by atoms with Crippen LogP contribution in [0.25, 0.3) is 4.85 Å². The summed E-state index contributed by atoms with van der Waals surface area (Å²) in [5, 5.41) is 45.6. The molecule has 0 aromatic carbocycles. The zero-order valence-corrected chi connectivity index (χ0v) is 82.1. The molecule has 1 N–H and O–H groups in total. The number of hydrogen-bond acceptors (Lipinski definition) is 16. The lowest BCUT2D eigenvalue weighted by Gasteiger charge is -2.59. The van der Waals surface area contributed by atoms with Crippen molar-refractivity contribution in [2.45, 2.75) is 315 Å². The molecule has 2 spiro atoms. The van der Waals surface area contributed by atoms with E-state index in [9.17, 15) is 19.5 Å². The lowest BCUT2D eigenvalue weighted by atomic mass is 9.49. The lowest BCUT2D eigenvalue weighted by molar-refractivity contribution is -0.276. The third kappa shape index (κ3) is 13.6. The van der Waals surface area contributed by atoms with Crippen molar-refractivity contribution in [1.29, 1.82) is 0 Å². The number of hydrogen-bond donors (Lipinski definition) is 1. The maximum atomic E-state index is 12.6. The van der Waals surface area contributed by atoms with Gasteiger partial charge in [-0.25, -0.2) is 6.57 Å². The van der Waals surface area contributed by atoms with E-state index in [2.05, 4.69) is 128 Å². The molecule has 1 unspecified atom stereocenters. The molecule has 28 heteroatoms. The summed E-state index contributed by atoms with van der Waals surface area (Å²) < 4.78 is 41.0. The van der Waals surface area contributed by atoms with E-state index in [0.717, 1.165) is 178 Å². The van der Waals surface area contributed by atoms with Gasteiger partial charge in [0, 0.05) is 178 Å². The second-order valence-corrected chi connectivity index (χ2v) is 46.1. The molecule has 14 aliphatic rings. The van der Waals surface area contributed by atoms with Crippen molar-refractivity contribution in [3.05, 3.63) is 140 Å². The molecule has 23 nitrogen and oxygen atoms in total. The number of allylic oxidation sites excluding steroid dienone is 1. The van der Waals surface area contributed by atoms with Gasteiger partial charge in [0.2, 0.25) is 5.78 Å². The second-order valence-electron chi connectivity index (χ2n) is 44.3. The van der Waals surface area contributed by atoms with Crippen LogP contribution in [0.1, 0.15) is 293 Å². The van der Waals surface area contributed by atoms with Gasteiger partial charge in [0.05, 0.1) is 73.1 Å². The van der Waals surface area contributed by atoms with Crippen molar-refractivity contribution in [2.24, 2.45) is 105 Å². The summed E-state index contributed by atoms with van der Waals surface area (Å²) >= 11 is 32.0. The van der Waals surface area contributed by atoms with Crippen LogP contribution in [-0.4, -0.2) is 130 Å². The van der Waals surface area contributed by atoms with E-state index in [1.165, 1.54) is 51.3 Å². The van der Waals surface area contributed by atoms with Gasteiger partial charge in [0.25, 0.3) is 6.04 Å². The summed E-state index contributed by atoms with van der Waals surface area (Å²) in [5.74, 6) is 3.15. The standard InChI is InChI=1S/C17H25ClN2O2.C17H26N2O2.2C16H20ClN3O.C16H21ClN2O2.C15H21ClN2O/c1-15(2)12-6-5-11-13(19-20(4)14(11)18)16(12,3)7-8-17(15)21-9-10-22-17;1-15(2)13-6-5-12-11-19(4)18-14(12)16(13,3)7-8-17(15)20-9-10-21-17;1-15(2)11-6-5-10-12(19-20(4)14(10)17)16(11,3)7-9-8-18-21-13(9)15;1-15(2)11-7-6-9-12(19-20(5)14(9)17)16(11,3)8-10(18-4)13(15)21;1-15(2)11-6-5-10-12(18-19(4)14(10)17)16(11,3)7-9(8-20)13(15)21;1-14(2)10-6-5-9-12(17-18(4)13(9)16)15(10,3)8-7-11(14)19/h12H,5-10H2,1-4H3;11,13H,5-10H2,1-4H3;8,11H,5-7H2,1-4H3;10-11H,6-8H2,1-3,5H3;8,11,20H,5-7H2,1-4H3;10H,5-8H2,1-4H3/b;;;;9-8-;/t12-,16-;13-,16-;11-,16-;10?,11-,16-;11-,16-;10-,15-/m000000/s1. The molecule has 5 saturated carbocycles. The minimum atomic E-state index is -0.562. The zero-order valence-electron chi connectivity index (χ0n) is 78.3. The average molecular weight is 1820 g/mol. The first kappa shape index (κ1) is 92.1. The number of nitrogens with zero attached hydrogens (tertiary/aromatic N) is 14. The number of Topliss-reactive ketones (excluding diaryl/α,β-unsaturated/α-hetero) is 3. The van der Waals surface area contributed by atoms with Crippen molar-refractivity contribution in [3.63, 3.8) is 0 Å². The third-order valence-electron chi connectivity index (χ3n) is 35.6. The normalized spacial score (nSPS) is 33.6. The maximum Gasteiger partial charge on any atom is 0.282 e. The molecule has 125 heavy (non-hydrogen) atoms. The van der Waals surface area contributed by atoms with Gasteiger partial charge in [-0.15, -0.1) is 0 Å². The van der Waals surface area contributed by atoms with Crippen LogP contribution in [0.15, 0.2) is 28.8 Å². The molecule has 7 aromatic rings. The highest BCUT2D eigenvalue weighted by atomic mass is 35.5. The molecule has 21 rings (SSSR count). The first-order chi connectivity index (χ1) is 58.3. The fraction of sp³-hybridized carbons (Fsp3) is 0.722. The van der Waals surface area contributed by atoms with Gasteiger partial charge in [-0.05, 0) is 150 Å². The Bertz CT molecular complexity index is 5530. The Morgan fingerprint density at radius 2 is 0.776 bits per heavy atom. The topological polar surface area (TPSA) is 246 Å². The number of aliphatic hydroxyl groups is 1. The molecule has 0 radical (unpaired) electrons. The van der Waals surface area contributed by atoms with E-state index >= 15 is 0 Å². The minimum Gasteiger partial charge on any atom is -0.515 e. The molecule has 12 aliphatic carbocycles.